The number of anilines is 1. The molecule has 1 saturated heterocycles. The second kappa shape index (κ2) is 5.11. The average molecular weight is 291 g/mol. The first-order valence-electron chi connectivity index (χ1n) is 4.89. The lowest BCUT2D eigenvalue weighted by Gasteiger charge is -2.10. The Morgan fingerprint density at radius 3 is 2.67 bits per heavy atom. The van der Waals surface area contributed by atoms with Crippen LogP contribution in [0.15, 0.2) is 18.2 Å². The van der Waals surface area contributed by atoms with Crippen molar-refractivity contribution in [2.75, 3.05) is 5.32 Å². The molecule has 0 saturated carbocycles. The summed E-state index contributed by atoms with van der Waals surface area (Å²) < 4.78 is 0. The number of amides is 1. The maximum atomic E-state index is 11.7. The Morgan fingerprint density at radius 1 is 1.39 bits per heavy atom. The summed E-state index contributed by atoms with van der Waals surface area (Å²) in [6.07, 6.45) is -1.37. The summed E-state index contributed by atoms with van der Waals surface area (Å²) in [5.74, 6) is -2.87. The minimum atomic E-state index is -1.37. The molecule has 1 heterocycles. The maximum Gasteiger partial charge on any atom is 0.341 e. The van der Waals surface area contributed by atoms with E-state index < -0.39 is 24.0 Å². The van der Waals surface area contributed by atoms with E-state index in [0.717, 1.165) is 0 Å². The molecule has 3 N–H and O–H groups in total. The van der Waals surface area contributed by atoms with E-state index in [2.05, 4.69) is 10.2 Å². The van der Waals surface area contributed by atoms with Crippen LogP contribution in [0.3, 0.4) is 0 Å². The maximum absolute atomic E-state index is 11.7. The molecular formula is C10H8Cl2N2O4. The van der Waals surface area contributed by atoms with Gasteiger partial charge in [-0.05, 0) is 18.2 Å². The van der Waals surface area contributed by atoms with Crippen molar-refractivity contribution < 1.29 is 19.5 Å². The molecular weight excluding hydrogens is 283 g/mol. The topological polar surface area (TPSA) is 87.7 Å². The Balaban J connectivity index is 2.11. The molecule has 1 aromatic carbocycles. The van der Waals surface area contributed by atoms with E-state index in [1.54, 1.807) is 0 Å². The zero-order chi connectivity index (χ0) is 13.3. The van der Waals surface area contributed by atoms with Crippen molar-refractivity contribution in [3.63, 3.8) is 0 Å². The molecule has 1 fully saturated rings. The summed E-state index contributed by atoms with van der Waals surface area (Å²) in [6, 6.07) is 4.45. The van der Waals surface area contributed by atoms with Gasteiger partial charge in [0, 0.05) is 5.69 Å². The van der Waals surface area contributed by atoms with Crippen molar-refractivity contribution in [2.24, 2.45) is 5.92 Å². The van der Waals surface area contributed by atoms with E-state index >= 15 is 0 Å². The number of hydrogen-bond acceptors (Lipinski definition) is 5. The minimum absolute atomic E-state index is 0.266. The third kappa shape index (κ3) is 2.56. The molecule has 1 amide bonds. The smallest absolute Gasteiger partial charge is 0.341 e. The first kappa shape index (κ1) is 13.1. The van der Waals surface area contributed by atoms with Gasteiger partial charge in [0.15, 0.2) is 12.1 Å². The van der Waals surface area contributed by atoms with E-state index in [1.807, 2.05) is 5.48 Å². The Labute approximate surface area is 112 Å². The summed E-state index contributed by atoms with van der Waals surface area (Å²) in [7, 11) is 0. The lowest BCUT2D eigenvalue weighted by atomic mass is 10.1. The van der Waals surface area contributed by atoms with Crippen LogP contribution in [0.25, 0.3) is 0 Å². The van der Waals surface area contributed by atoms with Gasteiger partial charge < -0.3 is 15.3 Å². The Bertz CT molecular complexity index is 509. The van der Waals surface area contributed by atoms with Crippen LogP contribution in [0.2, 0.25) is 10.0 Å². The average Bonchev–Trinajstić information content (AvgIpc) is 2.64. The highest BCUT2D eigenvalue weighted by Crippen LogP contribution is 2.25. The zero-order valence-corrected chi connectivity index (χ0v) is 10.3. The predicted molar refractivity (Wildman–Crippen MR) is 63.8 cm³/mol. The highest BCUT2D eigenvalue weighted by Gasteiger charge is 2.41. The van der Waals surface area contributed by atoms with Gasteiger partial charge in [0.25, 0.3) is 0 Å². The van der Waals surface area contributed by atoms with Crippen molar-refractivity contribution in [3.05, 3.63) is 28.2 Å². The SMILES string of the molecule is O=C(Nc1ccc(Cl)c(Cl)c1)C1C(=O)ONC1O. The van der Waals surface area contributed by atoms with Gasteiger partial charge in [0.1, 0.15) is 0 Å². The van der Waals surface area contributed by atoms with Gasteiger partial charge in [-0.25, -0.2) is 4.79 Å². The Hall–Kier alpha value is -1.34. The van der Waals surface area contributed by atoms with Crippen molar-refractivity contribution in [1.29, 1.82) is 0 Å². The van der Waals surface area contributed by atoms with Crippen LogP contribution in [0.4, 0.5) is 5.69 Å². The number of hydroxylamine groups is 1. The van der Waals surface area contributed by atoms with E-state index in [1.165, 1.54) is 18.2 Å². The molecule has 2 atom stereocenters. The Morgan fingerprint density at radius 2 is 2.11 bits per heavy atom. The molecule has 0 bridgehead atoms. The molecule has 96 valence electrons. The van der Waals surface area contributed by atoms with Gasteiger partial charge in [-0.1, -0.05) is 23.2 Å². The number of aliphatic hydroxyl groups is 1. The molecule has 0 aromatic heterocycles. The van der Waals surface area contributed by atoms with Crippen molar-refractivity contribution >= 4 is 40.8 Å². The van der Waals surface area contributed by atoms with E-state index in [4.69, 9.17) is 23.2 Å². The molecule has 0 radical (unpaired) electrons. The molecule has 0 spiro atoms. The fourth-order valence-corrected chi connectivity index (χ4v) is 1.72. The number of aliphatic hydroxyl groups excluding tert-OH is 1. The number of carbonyl (C=O) groups excluding carboxylic acids is 2. The second-order valence-electron chi connectivity index (χ2n) is 3.58. The van der Waals surface area contributed by atoms with E-state index in [-0.39, 0.29) is 5.02 Å². The number of benzene rings is 1. The van der Waals surface area contributed by atoms with Crippen molar-refractivity contribution in [2.45, 2.75) is 6.23 Å². The summed E-state index contributed by atoms with van der Waals surface area (Å²) in [5, 5.41) is 12.4. The molecule has 2 unspecified atom stereocenters. The number of hydrogen-bond donors (Lipinski definition) is 3. The fraction of sp³-hybridized carbons (Fsp3) is 0.200. The number of nitrogens with one attached hydrogen (secondary N) is 2. The van der Waals surface area contributed by atoms with E-state index in [9.17, 15) is 14.7 Å². The summed E-state index contributed by atoms with van der Waals surface area (Å²) in [6.45, 7) is 0. The lowest BCUT2D eigenvalue weighted by Crippen LogP contribution is -2.36. The summed E-state index contributed by atoms with van der Waals surface area (Å²) in [5.41, 5.74) is 2.37. The van der Waals surface area contributed by atoms with Gasteiger partial charge in [-0.2, -0.15) is 0 Å². The first-order chi connectivity index (χ1) is 8.49. The van der Waals surface area contributed by atoms with Crippen LogP contribution < -0.4 is 10.8 Å². The highest BCUT2D eigenvalue weighted by atomic mass is 35.5. The molecule has 1 aliphatic rings. The van der Waals surface area contributed by atoms with Gasteiger partial charge in [-0.3, -0.25) is 4.79 Å². The number of rotatable bonds is 2. The normalized spacial score (nSPS) is 22.7. The largest absolute Gasteiger partial charge is 0.374 e. The third-order valence-electron chi connectivity index (χ3n) is 2.32. The molecule has 0 aliphatic carbocycles. The van der Waals surface area contributed by atoms with Crippen LogP contribution >= 0.6 is 23.2 Å². The standard InChI is InChI=1S/C10H8Cl2N2O4/c11-5-2-1-4(3-6(5)12)13-8(15)7-9(16)14-18-10(7)17/h1-3,7,9,14,16H,(H,13,15). The van der Waals surface area contributed by atoms with Crippen LogP contribution in [0, 0.1) is 5.92 Å². The fourth-order valence-electron chi connectivity index (χ4n) is 1.42. The van der Waals surface area contributed by atoms with Crippen molar-refractivity contribution in [3.8, 4) is 0 Å². The molecule has 18 heavy (non-hydrogen) atoms. The third-order valence-corrected chi connectivity index (χ3v) is 3.06. The summed E-state index contributed by atoms with van der Waals surface area (Å²) in [4.78, 5) is 27.3. The van der Waals surface area contributed by atoms with Crippen LogP contribution in [-0.2, 0) is 14.4 Å². The monoisotopic (exact) mass is 290 g/mol. The van der Waals surface area contributed by atoms with Gasteiger partial charge >= 0.3 is 5.97 Å². The van der Waals surface area contributed by atoms with Gasteiger partial charge in [0.05, 0.1) is 10.0 Å². The van der Waals surface area contributed by atoms with Gasteiger partial charge in [0.2, 0.25) is 5.91 Å². The predicted octanol–water partition coefficient (Wildman–Crippen LogP) is 0.928. The molecule has 1 aliphatic heterocycles. The Kier molecular flexibility index (Phi) is 3.72. The quantitative estimate of drug-likeness (QED) is 0.705. The van der Waals surface area contributed by atoms with Crippen LogP contribution in [0.1, 0.15) is 0 Å². The van der Waals surface area contributed by atoms with Gasteiger partial charge in [-0.15, -0.1) is 5.48 Å². The molecule has 8 heteroatoms. The molecule has 2 rings (SSSR count). The molecule has 1 aromatic rings. The second-order valence-corrected chi connectivity index (χ2v) is 4.39. The van der Waals surface area contributed by atoms with E-state index in [0.29, 0.717) is 10.7 Å². The highest BCUT2D eigenvalue weighted by molar-refractivity contribution is 6.42. The minimum Gasteiger partial charge on any atom is -0.374 e. The van der Waals surface area contributed by atoms with Crippen LogP contribution in [-0.4, -0.2) is 23.2 Å². The van der Waals surface area contributed by atoms with Crippen molar-refractivity contribution in [1.82, 2.24) is 5.48 Å². The zero-order valence-electron chi connectivity index (χ0n) is 8.81. The lowest BCUT2D eigenvalue weighted by molar-refractivity contribution is -0.147. The number of carbonyl (C=O) groups is 2. The summed E-state index contributed by atoms with van der Waals surface area (Å²) >= 11 is 11.5. The molecule has 6 nitrogen and oxygen atoms in total. The van der Waals surface area contributed by atoms with Crippen LogP contribution in [0.5, 0.6) is 0 Å². The first-order valence-corrected chi connectivity index (χ1v) is 5.65. The number of halogens is 2.